The molecule has 18 heavy (non-hydrogen) atoms. The van der Waals surface area contributed by atoms with E-state index in [4.69, 9.17) is 4.42 Å². The van der Waals surface area contributed by atoms with Crippen LogP contribution >= 0.6 is 11.8 Å². The topological polar surface area (TPSA) is 33.5 Å². The Labute approximate surface area is 113 Å². The van der Waals surface area contributed by atoms with Crippen LogP contribution in [0.5, 0.6) is 0 Å². The van der Waals surface area contributed by atoms with Gasteiger partial charge in [0.15, 0.2) is 0 Å². The van der Waals surface area contributed by atoms with E-state index in [0.717, 1.165) is 29.4 Å². The number of furan rings is 1. The van der Waals surface area contributed by atoms with Crippen molar-refractivity contribution in [2.75, 3.05) is 12.3 Å². The first kappa shape index (κ1) is 13.5. The van der Waals surface area contributed by atoms with Gasteiger partial charge < -0.3 is 9.32 Å². The molecule has 100 valence electrons. The Bertz CT molecular complexity index is 420. The molecule has 1 atom stereocenters. The molecule has 1 fully saturated rings. The van der Waals surface area contributed by atoms with Gasteiger partial charge >= 0.3 is 0 Å². The molecule has 1 saturated heterocycles. The monoisotopic (exact) mass is 267 g/mol. The number of thioether (sulfide) groups is 1. The molecular weight excluding hydrogens is 246 g/mol. The van der Waals surface area contributed by atoms with Crippen molar-refractivity contribution in [2.24, 2.45) is 5.92 Å². The Morgan fingerprint density at radius 2 is 2.22 bits per heavy atom. The summed E-state index contributed by atoms with van der Waals surface area (Å²) in [5.41, 5.74) is 1.16. The minimum atomic E-state index is 0.0565. The molecule has 0 aromatic carbocycles. The number of carbonyl (C=O) groups excluding carboxylic acids is 1. The quantitative estimate of drug-likeness (QED) is 0.840. The summed E-state index contributed by atoms with van der Waals surface area (Å²) in [5, 5.41) is 0.0565. The number of aryl methyl sites for hydroxylation is 2. The van der Waals surface area contributed by atoms with E-state index in [9.17, 15) is 4.79 Å². The van der Waals surface area contributed by atoms with Crippen LogP contribution in [0.25, 0.3) is 0 Å². The highest BCUT2D eigenvalue weighted by Crippen LogP contribution is 2.39. The van der Waals surface area contributed by atoms with Crippen LogP contribution in [0, 0.1) is 19.8 Å². The van der Waals surface area contributed by atoms with Crippen LogP contribution in [-0.2, 0) is 4.79 Å². The third-order valence-electron chi connectivity index (χ3n) is 3.19. The standard InChI is InChI=1S/C14H21NO2S/c1-9(2)8-15-13(16)5-6-18-14(15)12-7-10(3)11(4)17-12/h7,9,14H,5-6,8H2,1-4H3. The number of amides is 1. The molecule has 2 heterocycles. The maximum absolute atomic E-state index is 12.1. The van der Waals surface area contributed by atoms with E-state index in [2.05, 4.69) is 19.9 Å². The fourth-order valence-electron chi connectivity index (χ4n) is 2.17. The largest absolute Gasteiger partial charge is 0.463 e. The molecule has 1 aliphatic heterocycles. The molecule has 0 radical (unpaired) electrons. The van der Waals surface area contributed by atoms with E-state index in [-0.39, 0.29) is 11.3 Å². The fourth-order valence-corrected chi connectivity index (χ4v) is 3.35. The Hall–Kier alpha value is -0.900. The van der Waals surface area contributed by atoms with Crippen LogP contribution in [0.1, 0.15) is 42.7 Å². The van der Waals surface area contributed by atoms with Crippen LogP contribution in [0.4, 0.5) is 0 Å². The van der Waals surface area contributed by atoms with Gasteiger partial charge in [0, 0.05) is 18.7 Å². The summed E-state index contributed by atoms with van der Waals surface area (Å²) in [4.78, 5) is 14.0. The average molecular weight is 267 g/mol. The van der Waals surface area contributed by atoms with Crippen molar-refractivity contribution < 1.29 is 9.21 Å². The van der Waals surface area contributed by atoms with Gasteiger partial charge in [-0.3, -0.25) is 4.79 Å². The van der Waals surface area contributed by atoms with Crippen LogP contribution in [0.15, 0.2) is 10.5 Å². The summed E-state index contributed by atoms with van der Waals surface area (Å²) < 4.78 is 5.80. The zero-order valence-corrected chi connectivity index (χ0v) is 12.3. The van der Waals surface area contributed by atoms with Crippen LogP contribution in [0.3, 0.4) is 0 Å². The van der Waals surface area contributed by atoms with Gasteiger partial charge in [0.1, 0.15) is 16.9 Å². The van der Waals surface area contributed by atoms with Gasteiger partial charge in [0.05, 0.1) is 0 Å². The number of nitrogens with zero attached hydrogens (tertiary/aromatic N) is 1. The lowest BCUT2D eigenvalue weighted by atomic mass is 10.2. The minimum Gasteiger partial charge on any atom is -0.463 e. The summed E-state index contributed by atoms with van der Waals surface area (Å²) in [7, 11) is 0. The Kier molecular flexibility index (Phi) is 4.05. The molecule has 0 aliphatic carbocycles. The Balaban J connectivity index is 2.24. The van der Waals surface area contributed by atoms with Gasteiger partial charge in [-0.05, 0) is 31.4 Å². The number of hydrogen-bond acceptors (Lipinski definition) is 3. The van der Waals surface area contributed by atoms with Gasteiger partial charge in [-0.1, -0.05) is 13.8 Å². The molecule has 0 saturated carbocycles. The van der Waals surface area contributed by atoms with E-state index in [1.165, 1.54) is 0 Å². The fraction of sp³-hybridized carbons (Fsp3) is 0.643. The molecule has 1 aromatic heterocycles. The van der Waals surface area contributed by atoms with Crippen molar-refractivity contribution in [3.05, 3.63) is 23.2 Å². The molecule has 1 aliphatic rings. The highest BCUT2D eigenvalue weighted by Gasteiger charge is 2.32. The summed E-state index contributed by atoms with van der Waals surface area (Å²) in [5.74, 6) is 3.49. The minimum absolute atomic E-state index is 0.0565. The molecule has 0 spiro atoms. The average Bonchev–Trinajstić information content (AvgIpc) is 2.61. The second-order valence-corrected chi connectivity index (χ2v) is 6.49. The van der Waals surface area contributed by atoms with Crippen molar-refractivity contribution in [1.82, 2.24) is 4.90 Å². The number of hydrogen-bond donors (Lipinski definition) is 0. The van der Waals surface area contributed by atoms with Crippen molar-refractivity contribution in [1.29, 1.82) is 0 Å². The van der Waals surface area contributed by atoms with E-state index >= 15 is 0 Å². The Morgan fingerprint density at radius 1 is 1.50 bits per heavy atom. The zero-order chi connectivity index (χ0) is 13.3. The molecule has 3 nitrogen and oxygen atoms in total. The summed E-state index contributed by atoms with van der Waals surface area (Å²) in [6.45, 7) is 9.10. The van der Waals surface area contributed by atoms with E-state index in [0.29, 0.717) is 12.3 Å². The first-order chi connectivity index (χ1) is 8.49. The Morgan fingerprint density at radius 3 is 2.78 bits per heavy atom. The van der Waals surface area contributed by atoms with Crippen molar-refractivity contribution in [2.45, 2.75) is 39.5 Å². The predicted molar refractivity (Wildman–Crippen MR) is 74.5 cm³/mol. The lowest BCUT2D eigenvalue weighted by molar-refractivity contribution is -0.132. The third kappa shape index (κ3) is 2.74. The zero-order valence-electron chi connectivity index (χ0n) is 11.5. The second kappa shape index (κ2) is 5.39. The maximum atomic E-state index is 12.1. The smallest absolute Gasteiger partial charge is 0.224 e. The highest BCUT2D eigenvalue weighted by molar-refractivity contribution is 7.99. The van der Waals surface area contributed by atoms with Crippen LogP contribution in [0.2, 0.25) is 0 Å². The van der Waals surface area contributed by atoms with Crippen molar-refractivity contribution in [3.8, 4) is 0 Å². The molecule has 2 rings (SSSR count). The molecule has 1 unspecified atom stereocenters. The lowest BCUT2D eigenvalue weighted by Gasteiger charge is -2.35. The number of rotatable bonds is 3. The third-order valence-corrected chi connectivity index (χ3v) is 4.43. The summed E-state index contributed by atoms with van der Waals surface area (Å²) in [6, 6.07) is 2.07. The molecule has 1 amide bonds. The molecule has 4 heteroatoms. The molecule has 1 aromatic rings. The van der Waals surface area contributed by atoms with Crippen LogP contribution < -0.4 is 0 Å². The SMILES string of the molecule is Cc1cc(C2SCCC(=O)N2CC(C)C)oc1C. The lowest BCUT2D eigenvalue weighted by Crippen LogP contribution is -2.39. The van der Waals surface area contributed by atoms with Crippen molar-refractivity contribution >= 4 is 17.7 Å². The second-order valence-electron chi connectivity index (χ2n) is 5.30. The van der Waals surface area contributed by atoms with E-state index < -0.39 is 0 Å². The summed E-state index contributed by atoms with van der Waals surface area (Å²) >= 11 is 1.80. The first-order valence-corrected chi connectivity index (χ1v) is 7.52. The summed E-state index contributed by atoms with van der Waals surface area (Å²) in [6.07, 6.45) is 0.645. The molecular formula is C14H21NO2S. The van der Waals surface area contributed by atoms with Gasteiger partial charge in [0.2, 0.25) is 5.91 Å². The van der Waals surface area contributed by atoms with E-state index in [1.54, 1.807) is 11.8 Å². The van der Waals surface area contributed by atoms with Crippen molar-refractivity contribution in [3.63, 3.8) is 0 Å². The first-order valence-electron chi connectivity index (χ1n) is 6.47. The van der Waals surface area contributed by atoms with Crippen LogP contribution in [-0.4, -0.2) is 23.1 Å². The number of carbonyl (C=O) groups is 1. The molecule has 0 N–H and O–H groups in total. The van der Waals surface area contributed by atoms with Gasteiger partial charge in [-0.2, -0.15) is 0 Å². The maximum Gasteiger partial charge on any atom is 0.224 e. The van der Waals surface area contributed by atoms with Gasteiger partial charge in [-0.15, -0.1) is 11.8 Å². The van der Waals surface area contributed by atoms with E-state index in [1.807, 2.05) is 18.7 Å². The highest BCUT2D eigenvalue weighted by atomic mass is 32.2. The van der Waals surface area contributed by atoms with Gasteiger partial charge in [-0.25, -0.2) is 0 Å². The molecule has 0 bridgehead atoms. The normalized spacial score (nSPS) is 20.8. The predicted octanol–water partition coefficient (Wildman–Crippen LogP) is 3.52. The van der Waals surface area contributed by atoms with Gasteiger partial charge in [0.25, 0.3) is 0 Å².